The number of carbonyl (C=O) groups is 1. The minimum Gasteiger partial charge on any atom is -0.339 e. The van der Waals surface area contributed by atoms with Crippen molar-refractivity contribution in [3.8, 4) is 0 Å². The van der Waals surface area contributed by atoms with E-state index in [2.05, 4.69) is 10.1 Å². The van der Waals surface area contributed by atoms with Crippen LogP contribution in [-0.2, 0) is 23.8 Å². The van der Waals surface area contributed by atoms with E-state index in [1.54, 1.807) is 0 Å². The van der Waals surface area contributed by atoms with Gasteiger partial charge >= 0.3 is 6.18 Å². The van der Waals surface area contributed by atoms with Gasteiger partial charge in [-0.2, -0.15) is 18.2 Å². The van der Waals surface area contributed by atoms with Gasteiger partial charge in [-0.1, -0.05) is 17.3 Å². The zero-order valence-corrected chi connectivity index (χ0v) is 10.6. The van der Waals surface area contributed by atoms with Gasteiger partial charge in [-0.25, -0.2) is 0 Å². The Balaban J connectivity index is 2.06. The molecule has 0 fully saturated rings. The fraction of sp³-hybridized carbons (Fsp3) is 0.308. The third kappa shape index (κ3) is 3.66. The lowest BCUT2D eigenvalue weighted by Gasteiger charge is -2.06. The fourth-order valence-corrected chi connectivity index (χ4v) is 1.64. The molecular weight excluding hydrogens is 273 g/mol. The molecule has 0 bridgehead atoms. The minimum atomic E-state index is -4.35. The largest absolute Gasteiger partial charge is 0.416 e. The highest BCUT2D eigenvalue weighted by atomic mass is 19.4. The molecule has 4 nitrogen and oxygen atoms in total. The molecule has 20 heavy (non-hydrogen) atoms. The third-order valence-corrected chi connectivity index (χ3v) is 2.55. The van der Waals surface area contributed by atoms with Crippen LogP contribution in [0.2, 0.25) is 0 Å². The third-order valence-electron chi connectivity index (χ3n) is 2.55. The summed E-state index contributed by atoms with van der Waals surface area (Å²) in [4.78, 5) is 14.9. The first-order valence-corrected chi connectivity index (χ1v) is 5.81. The van der Waals surface area contributed by atoms with Crippen LogP contribution in [0.1, 0.15) is 29.8 Å². The standard InChI is InChI=1S/C13H11F3N2O2/c1-8(19)6-12-17-11(18-20-12)7-9-2-4-10(5-3-9)13(14,15)16/h2-5H,6-7H2,1H3. The second kappa shape index (κ2) is 5.44. The van der Waals surface area contributed by atoms with Crippen molar-refractivity contribution in [2.75, 3.05) is 0 Å². The smallest absolute Gasteiger partial charge is 0.339 e. The summed E-state index contributed by atoms with van der Waals surface area (Å²) < 4.78 is 42.1. The molecule has 106 valence electrons. The summed E-state index contributed by atoms with van der Waals surface area (Å²) in [6.45, 7) is 1.40. The number of benzene rings is 1. The number of halogens is 3. The summed E-state index contributed by atoms with van der Waals surface area (Å²) >= 11 is 0. The Morgan fingerprint density at radius 3 is 2.45 bits per heavy atom. The zero-order valence-electron chi connectivity index (χ0n) is 10.6. The molecule has 1 aromatic carbocycles. The number of aromatic nitrogens is 2. The quantitative estimate of drug-likeness (QED) is 0.866. The maximum atomic E-state index is 12.4. The molecule has 7 heteroatoms. The number of hydrogen-bond acceptors (Lipinski definition) is 4. The Morgan fingerprint density at radius 2 is 1.90 bits per heavy atom. The molecule has 0 aliphatic heterocycles. The number of ketones is 1. The Labute approximate surface area is 112 Å². The van der Waals surface area contributed by atoms with E-state index < -0.39 is 11.7 Å². The second-order valence-electron chi connectivity index (χ2n) is 4.35. The van der Waals surface area contributed by atoms with Crippen LogP contribution in [-0.4, -0.2) is 15.9 Å². The lowest BCUT2D eigenvalue weighted by Crippen LogP contribution is -2.04. The monoisotopic (exact) mass is 284 g/mol. The van der Waals surface area contributed by atoms with Crippen LogP contribution in [0.15, 0.2) is 28.8 Å². The van der Waals surface area contributed by atoms with E-state index in [1.165, 1.54) is 19.1 Å². The molecule has 0 unspecified atom stereocenters. The van der Waals surface area contributed by atoms with E-state index in [0.29, 0.717) is 11.4 Å². The van der Waals surface area contributed by atoms with Gasteiger partial charge in [-0.15, -0.1) is 0 Å². The van der Waals surface area contributed by atoms with Gasteiger partial charge < -0.3 is 4.52 Å². The lowest BCUT2D eigenvalue weighted by atomic mass is 10.1. The van der Waals surface area contributed by atoms with E-state index in [0.717, 1.165) is 12.1 Å². The van der Waals surface area contributed by atoms with Crippen molar-refractivity contribution in [2.24, 2.45) is 0 Å². The second-order valence-corrected chi connectivity index (χ2v) is 4.35. The molecule has 0 atom stereocenters. The Kier molecular flexibility index (Phi) is 3.87. The predicted octanol–water partition coefficient (Wildman–Crippen LogP) is 2.81. The van der Waals surface area contributed by atoms with Gasteiger partial charge in [0.2, 0.25) is 5.89 Å². The van der Waals surface area contributed by atoms with Crippen LogP contribution in [0.4, 0.5) is 13.2 Å². The Hall–Kier alpha value is -2.18. The van der Waals surface area contributed by atoms with E-state index in [-0.39, 0.29) is 24.5 Å². The van der Waals surface area contributed by atoms with Gasteiger partial charge in [-0.3, -0.25) is 4.79 Å². The zero-order chi connectivity index (χ0) is 14.8. The van der Waals surface area contributed by atoms with Crippen molar-refractivity contribution in [3.63, 3.8) is 0 Å². The summed E-state index contributed by atoms with van der Waals surface area (Å²) in [5.74, 6) is 0.440. The van der Waals surface area contributed by atoms with Crippen LogP contribution >= 0.6 is 0 Å². The SMILES string of the molecule is CC(=O)Cc1nc(Cc2ccc(C(F)(F)F)cc2)no1. The van der Waals surface area contributed by atoms with E-state index in [9.17, 15) is 18.0 Å². The van der Waals surface area contributed by atoms with Crippen molar-refractivity contribution in [1.29, 1.82) is 0 Å². The number of rotatable bonds is 4. The lowest BCUT2D eigenvalue weighted by molar-refractivity contribution is -0.137. The van der Waals surface area contributed by atoms with Gasteiger partial charge in [0.1, 0.15) is 5.78 Å². The molecule has 1 heterocycles. The van der Waals surface area contributed by atoms with Crippen LogP contribution in [0, 0.1) is 0 Å². The first-order valence-electron chi connectivity index (χ1n) is 5.81. The molecule has 0 aliphatic rings. The predicted molar refractivity (Wildman–Crippen MR) is 62.9 cm³/mol. The molecule has 0 saturated heterocycles. The number of hydrogen-bond donors (Lipinski definition) is 0. The van der Waals surface area contributed by atoms with Crippen molar-refractivity contribution in [2.45, 2.75) is 25.9 Å². The maximum Gasteiger partial charge on any atom is 0.416 e. The maximum absolute atomic E-state index is 12.4. The average Bonchev–Trinajstić information content (AvgIpc) is 2.75. The van der Waals surface area contributed by atoms with Crippen LogP contribution in [0.5, 0.6) is 0 Å². The summed E-state index contributed by atoms with van der Waals surface area (Å²) in [6.07, 6.45) is -4.04. The first-order chi connectivity index (χ1) is 9.34. The van der Waals surface area contributed by atoms with Crippen LogP contribution < -0.4 is 0 Å². The Morgan fingerprint density at radius 1 is 1.25 bits per heavy atom. The fourth-order valence-electron chi connectivity index (χ4n) is 1.64. The number of Topliss-reactive ketones (excluding diaryl/α,β-unsaturated/α-hetero) is 1. The molecule has 0 saturated carbocycles. The number of carbonyl (C=O) groups excluding carboxylic acids is 1. The molecule has 0 N–H and O–H groups in total. The van der Waals surface area contributed by atoms with E-state index >= 15 is 0 Å². The highest BCUT2D eigenvalue weighted by Crippen LogP contribution is 2.29. The topological polar surface area (TPSA) is 56.0 Å². The van der Waals surface area contributed by atoms with Gasteiger partial charge in [0.15, 0.2) is 5.82 Å². The van der Waals surface area contributed by atoms with Crippen molar-refractivity contribution in [3.05, 3.63) is 47.1 Å². The van der Waals surface area contributed by atoms with Crippen LogP contribution in [0.3, 0.4) is 0 Å². The summed E-state index contributed by atoms with van der Waals surface area (Å²) in [6, 6.07) is 4.74. The van der Waals surface area contributed by atoms with Gasteiger partial charge in [0, 0.05) is 6.42 Å². The van der Waals surface area contributed by atoms with E-state index in [4.69, 9.17) is 4.52 Å². The molecular formula is C13H11F3N2O2. The van der Waals surface area contributed by atoms with Crippen molar-refractivity contribution < 1.29 is 22.5 Å². The minimum absolute atomic E-state index is 0.0556. The summed E-state index contributed by atoms with van der Waals surface area (Å²) in [7, 11) is 0. The highest BCUT2D eigenvalue weighted by Gasteiger charge is 2.29. The molecule has 2 aromatic rings. The molecule has 1 aromatic heterocycles. The highest BCUT2D eigenvalue weighted by molar-refractivity contribution is 5.77. The molecule has 0 spiro atoms. The summed E-state index contributed by atoms with van der Waals surface area (Å²) in [5.41, 5.74) is -0.0696. The number of nitrogens with zero attached hydrogens (tertiary/aromatic N) is 2. The summed E-state index contributed by atoms with van der Waals surface area (Å²) in [5, 5.41) is 3.68. The van der Waals surface area contributed by atoms with Gasteiger partial charge in [-0.05, 0) is 24.6 Å². The normalized spacial score (nSPS) is 11.6. The van der Waals surface area contributed by atoms with Crippen LogP contribution in [0.25, 0.3) is 0 Å². The Bertz CT molecular complexity index is 603. The number of alkyl halides is 3. The molecule has 0 aliphatic carbocycles. The molecule has 0 radical (unpaired) electrons. The molecule has 2 rings (SSSR count). The van der Waals surface area contributed by atoms with E-state index in [1.807, 2.05) is 0 Å². The molecule has 0 amide bonds. The van der Waals surface area contributed by atoms with Crippen molar-refractivity contribution in [1.82, 2.24) is 10.1 Å². The average molecular weight is 284 g/mol. The van der Waals surface area contributed by atoms with Crippen molar-refractivity contribution >= 4 is 5.78 Å². The van der Waals surface area contributed by atoms with Gasteiger partial charge in [0.25, 0.3) is 0 Å². The first kappa shape index (κ1) is 14.2. The van der Waals surface area contributed by atoms with Gasteiger partial charge in [0.05, 0.1) is 12.0 Å².